The van der Waals surface area contributed by atoms with E-state index >= 15 is 0 Å². The van der Waals surface area contributed by atoms with Gasteiger partial charge >= 0.3 is 0 Å². The Morgan fingerprint density at radius 1 is 1.20 bits per heavy atom. The number of likely N-dealkylation sites (tertiary alicyclic amines) is 1. The molecule has 188 valence electrons. The van der Waals surface area contributed by atoms with E-state index in [1.807, 2.05) is 11.4 Å². The Morgan fingerprint density at radius 3 is 2.66 bits per heavy atom. The average Bonchev–Trinajstić information content (AvgIpc) is 3.32. The molecule has 0 amide bonds. The number of morpholine rings is 1. The van der Waals surface area contributed by atoms with Crippen molar-refractivity contribution in [2.24, 2.45) is 0 Å². The number of nitrogens with two attached hydrogens (primary N) is 1. The Kier molecular flexibility index (Phi) is 6.86. The number of aromatic nitrogens is 4. The summed E-state index contributed by atoms with van der Waals surface area (Å²) < 4.78 is 32.4. The van der Waals surface area contributed by atoms with E-state index in [1.54, 1.807) is 30.8 Å². The van der Waals surface area contributed by atoms with Crippen LogP contribution in [0.15, 0.2) is 23.8 Å². The molecule has 2 fully saturated rings. The van der Waals surface area contributed by atoms with E-state index < -0.39 is 10.0 Å². The molecule has 2 aliphatic rings. The van der Waals surface area contributed by atoms with Gasteiger partial charge in [0.1, 0.15) is 0 Å². The Morgan fingerprint density at radius 2 is 1.94 bits per heavy atom. The zero-order chi connectivity index (χ0) is 24.6. The largest absolute Gasteiger partial charge is 0.373 e. The minimum atomic E-state index is -3.17. The van der Waals surface area contributed by atoms with Crippen molar-refractivity contribution in [1.82, 2.24) is 29.1 Å². The van der Waals surface area contributed by atoms with Gasteiger partial charge < -0.3 is 20.3 Å². The number of sulfonamides is 1. The number of hydrogen-bond donors (Lipinski definition) is 1. The number of rotatable bonds is 6. The van der Waals surface area contributed by atoms with E-state index in [-0.39, 0.29) is 18.1 Å². The van der Waals surface area contributed by atoms with E-state index in [0.29, 0.717) is 12.4 Å². The van der Waals surface area contributed by atoms with Gasteiger partial charge in [0, 0.05) is 45.1 Å². The molecule has 11 nitrogen and oxygen atoms in total. The van der Waals surface area contributed by atoms with Crippen LogP contribution in [0.1, 0.15) is 12.8 Å². The maximum absolute atomic E-state index is 11.9. The van der Waals surface area contributed by atoms with Crippen LogP contribution < -0.4 is 10.6 Å². The summed E-state index contributed by atoms with van der Waals surface area (Å²) in [6.45, 7) is 4.62. The summed E-state index contributed by atoms with van der Waals surface area (Å²) >= 11 is 1.63. The lowest BCUT2D eigenvalue weighted by Gasteiger charge is -2.39. The zero-order valence-corrected chi connectivity index (χ0v) is 21.5. The summed E-state index contributed by atoms with van der Waals surface area (Å²) in [4.78, 5) is 22.4. The molecule has 35 heavy (non-hydrogen) atoms. The third-order valence-electron chi connectivity index (χ3n) is 6.71. The van der Waals surface area contributed by atoms with Crippen LogP contribution in [0.4, 0.5) is 11.8 Å². The predicted octanol–water partition coefficient (Wildman–Crippen LogP) is 1.29. The second-order valence-corrected chi connectivity index (χ2v) is 12.0. The standard InChI is InChI=1S/C22H30N8O3S2/c1-28(35(2,31)32)16-3-6-29(7-4-16)13-17-14-30(8-9-33-17)21-19-18(5-10-34-19)26-20(27-21)15-11-24-22(23)25-12-15/h5,10-12,16-17H,3-4,6-9,13-14H2,1-2H3,(H2,23,24,25). The Hall–Kier alpha value is -2.45. The molecule has 3 aromatic heterocycles. The predicted molar refractivity (Wildman–Crippen MR) is 137 cm³/mol. The fourth-order valence-corrected chi connectivity index (χ4v) is 6.29. The number of nitrogens with zero attached hydrogens (tertiary/aromatic N) is 7. The topological polar surface area (TPSA) is 131 Å². The first-order valence-electron chi connectivity index (χ1n) is 11.6. The van der Waals surface area contributed by atoms with Gasteiger partial charge in [-0.2, -0.15) is 0 Å². The molecule has 2 saturated heterocycles. The number of piperidine rings is 1. The molecule has 0 spiro atoms. The van der Waals surface area contributed by atoms with Gasteiger partial charge in [0.05, 0.1) is 34.7 Å². The molecule has 0 bridgehead atoms. The van der Waals surface area contributed by atoms with E-state index in [9.17, 15) is 8.42 Å². The highest BCUT2D eigenvalue weighted by atomic mass is 32.2. The Labute approximate surface area is 209 Å². The summed E-state index contributed by atoms with van der Waals surface area (Å²) in [5.74, 6) is 1.69. The highest BCUT2D eigenvalue weighted by Gasteiger charge is 2.30. The Balaban J connectivity index is 1.28. The Bertz CT molecular complexity index is 1280. The average molecular weight is 519 g/mol. The lowest BCUT2D eigenvalue weighted by molar-refractivity contribution is 0.00852. The monoisotopic (exact) mass is 518 g/mol. The second-order valence-electron chi connectivity index (χ2n) is 9.09. The zero-order valence-electron chi connectivity index (χ0n) is 19.9. The van der Waals surface area contributed by atoms with Crippen molar-refractivity contribution in [3.63, 3.8) is 0 Å². The number of anilines is 2. The lowest BCUT2D eigenvalue weighted by atomic mass is 10.0. The molecular weight excluding hydrogens is 488 g/mol. The molecule has 0 aliphatic carbocycles. The van der Waals surface area contributed by atoms with Gasteiger partial charge in [0.15, 0.2) is 11.6 Å². The van der Waals surface area contributed by atoms with Crippen LogP contribution >= 0.6 is 11.3 Å². The number of thiophene rings is 1. The second kappa shape index (κ2) is 9.90. The normalized spacial score (nSPS) is 20.7. The number of ether oxygens (including phenoxy) is 1. The first kappa shape index (κ1) is 24.3. The third kappa shape index (κ3) is 5.38. The molecule has 2 N–H and O–H groups in total. The van der Waals surface area contributed by atoms with Gasteiger partial charge in [0.2, 0.25) is 16.0 Å². The van der Waals surface area contributed by atoms with Crippen molar-refractivity contribution in [1.29, 1.82) is 0 Å². The number of fused-ring (bicyclic) bond motifs is 1. The van der Waals surface area contributed by atoms with Crippen LogP contribution in [0, 0.1) is 0 Å². The quantitative estimate of drug-likeness (QED) is 0.509. The van der Waals surface area contributed by atoms with Gasteiger partial charge in [-0.3, -0.25) is 0 Å². The lowest BCUT2D eigenvalue weighted by Crippen LogP contribution is -2.51. The van der Waals surface area contributed by atoms with E-state index in [4.69, 9.17) is 20.4 Å². The van der Waals surface area contributed by atoms with Crippen molar-refractivity contribution in [3.05, 3.63) is 23.8 Å². The van der Waals surface area contributed by atoms with Crippen LogP contribution in [0.25, 0.3) is 21.6 Å². The van der Waals surface area contributed by atoms with Crippen LogP contribution in [0.5, 0.6) is 0 Å². The van der Waals surface area contributed by atoms with Gasteiger partial charge in [0.25, 0.3) is 0 Å². The van der Waals surface area contributed by atoms with Crippen LogP contribution in [-0.2, 0) is 14.8 Å². The maximum Gasteiger partial charge on any atom is 0.219 e. The summed E-state index contributed by atoms with van der Waals surface area (Å²) in [5, 5.41) is 2.03. The number of hydrogen-bond acceptors (Lipinski definition) is 11. The van der Waals surface area contributed by atoms with E-state index in [1.165, 1.54) is 10.6 Å². The van der Waals surface area contributed by atoms with Gasteiger partial charge in [-0.1, -0.05) is 0 Å². The van der Waals surface area contributed by atoms with Crippen LogP contribution in [-0.4, -0.2) is 102 Å². The highest BCUT2D eigenvalue weighted by Crippen LogP contribution is 2.32. The molecule has 5 heterocycles. The number of nitrogen functional groups attached to an aromatic ring is 1. The first-order valence-corrected chi connectivity index (χ1v) is 14.4. The van der Waals surface area contributed by atoms with Crippen molar-refractivity contribution >= 4 is 43.3 Å². The minimum absolute atomic E-state index is 0.0428. The molecule has 3 aromatic rings. The maximum atomic E-state index is 11.9. The van der Waals surface area contributed by atoms with E-state index in [0.717, 1.165) is 67.2 Å². The molecule has 13 heteroatoms. The SMILES string of the molecule is CN(C1CCN(CC2CN(c3nc(-c4cnc(N)nc4)nc4ccsc34)CCO2)CC1)S(C)(=O)=O. The third-order valence-corrected chi connectivity index (χ3v) is 8.95. The van der Waals surface area contributed by atoms with E-state index in [2.05, 4.69) is 19.8 Å². The summed E-state index contributed by atoms with van der Waals surface area (Å²) in [6.07, 6.45) is 6.26. The van der Waals surface area contributed by atoms with Crippen molar-refractivity contribution in [2.45, 2.75) is 25.0 Å². The molecule has 1 atom stereocenters. The molecule has 5 rings (SSSR count). The first-order chi connectivity index (χ1) is 16.8. The molecular formula is C22H30N8O3S2. The smallest absolute Gasteiger partial charge is 0.219 e. The van der Waals surface area contributed by atoms with Crippen molar-refractivity contribution in [2.75, 3.05) is 63.3 Å². The van der Waals surface area contributed by atoms with Gasteiger partial charge in [-0.25, -0.2) is 32.7 Å². The molecule has 0 aromatic carbocycles. The molecule has 1 unspecified atom stereocenters. The molecule has 0 radical (unpaired) electrons. The van der Waals surface area contributed by atoms with Crippen LogP contribution in [0.2, 0.25) is 0 Å². The molecule has 2 aliphatic heterocycles. The van der Waals surface area contributed by atoms with Crippen LogP contribution in [0.3, 0.4) is 0 Å². The summed E-state index contributed by atoms with van der Waals surface area (Å²) in [6, 6.07) is 2.07. The minimum Gasteiger partial charge on any atom is -0.373 e. The van der Waals surface area contributed by atoms with Crippen molar-refractivity contribution in [3.8, 4) is 11.4 Å². The fourth-order valence-electron chi connectivity index (χ4n) is 4.69. The van der Waals surface area contributed by atoms with Gasteiger partial charge in [-0.15, -0.1) is 11.3 Å². The van der Waals surface area contributed by atoms with Gasteiger partial charge in [-0.05, 0) is 37.4 Å². The molecule has 0 saturated carbocycles. The summed E-state index contributed by atoms with van der Waals surface area (Å²) in [5.41, 5.74) is 7.26. The fraction of sp³-hybridized carbons (Fsp3) is 0.545. The highest BCUT2D eigenvalue weighted by molar-refractivity contribution is 7.88. The van der Waals surface area contributed by atoms with Crippen molar-refractivity contribution < 1.29 is 13.2 Å². The summed E-state index contributed by atoms with van der Waals surface area (Å²) in [7, 11) is -1.49.